The maximum atomic E-state index is 13.3. The summed E-state index contributed by atoms with van der Waals surface area (Å²) in [7, 11) is 2.06. The van der Waals surface area contributed by atoms with Crippen molar-refractivity contribution in [3.05, 3.63) is 53.1 Å². The van der Waals surface area contributed by atoms with E-state index < -0.39 is 0 Å². The highest BCUT2D eigenvalue weighted by Crippen LogP contribution is 2.39. The number of rotatable bonds is 2. The third-order valence-electron chi connectivity index (χ3n) is 5.01. The molecular formula is C20H22N2O2. The molecule has 0 saturated heterocycles. The number of hydrogen-bond donors (Lipinski definition) is 0. The Hall–Kier alpha value is -2.49. The molecule has 0 unspecified atom stereocenters. The second kappa shape index (κ2) is 5.55. The Kier molecular flexibility index (Phi) is 3.48. The number of ether oxygens (including phenoxy) is 1. The Morgan fingerprint density at radius 2 is 2.00 bits per heavy atom. The molecule has 1 atom stereocenters. The Morgan fingerprint density at radius 1 is 1.21 bits per heavy atom. The van der Waals surface area contributed by atoms with Crippen molar-refractivity contribution in [3.63, 3.8) is 0 Å². The van der Waals surface area contributed by atoms with Gasteiger partial charge in [-0.3, -0.25) is 4.79 Å². The zero-order chi connectivity index (χ0) is 16.8. The molecule has 2 aliphatic heterocycles. The molecular weight excluding hydrogens is 300 g/mol. The van der Waals surface area contributed by atoms with E-state index in [9.17, 15) is 4.79 Å². The van der Waals surface area contributed by atoms with Crippen LogP contribution in [-0.4, -0.2) is 32.1 Å². The van der Waals surface area contributed by atoms with Crippen LogP contribution in [0.15, 0.2) is 36.4 Å². The summed E-state index contributed by atoms with van der Waals surface area (Å²) in [5, 5.41) is 0. The second-order valence-electron chi connectivity index (χ2n) is 6.61. The van der Waals surface area contributed by atoms with Gasteiger partial charge in [-0.25, -0.2) is 0 Å². The summed E-state index contributed by atoms with van der Waals surface area (Å²) in [5.41, 5.74) is 5.04. The zero-order valence-corrected chi connectivity index (χ0v) is 14.4. The maximum absolute atomic E-state index is 13.3. The van der Waals surface area contributed by atoms with Gasteiger partial charge in [0.05, 0.1) is 23.9 Å². The monoisotopic (exact) mass is 322 g/mol. The number of hydrogen-bond acceptors (Lipinski definition) is 3. The lowest BCUT2D eigenvalue weighted by Crippen LogP contribution is -2.41. The molecule has 2 aromatic rings. The van der Waals surface area contributed by atoms with Crippen LogP contribution in [0.3, 0.4) is 0 Å². The minimum Gasteiger partial charge on any atom is -0.494 e. The number of nitrogens with zero attached hydrogens (tertiary/aromatic N) is 2. The highest BCUT2D eigenvalue weighted by atomic mass is 16.5. The number of carbonyl (C=O) groups is 1. The van der Waals surface area contributed by atoms with Gasteiger partial charge in [0.15, 0.2) is 0 Å². The number of anilines is 2. The summed E-state index contributed by atoms with van der Waals surface area (Å²) >= 11 is 0. The topological polar surface area (TPSA) is 32.8 Å². The SMILES string of the molecule is CCOc1cc2c(cc1C)C(=O)N1c3ccccc3C[C@H]1CN2C. The van der Waals surface area contributed by atoms with E-state index in [1.54, 1.807) is 0 Å². The summed E-state index contributed by atoms with van der Waals surface area (Å²) in [6.45, 7) is 5.42. The summed E-state index contributed by atoms with van der Waals surface area (Å²) in [6.07, 6.45) is 0.914. The Balaban J connectivity index is 1.84. The molecule has 0 bridgehead atoms. The molecule has 0 saturated carbocycles. The number of benzene rings is 2. The molecule has 0 fully saturated rings. The maximum Gasteiger partial charge on any atom is 0.260 e. The van der Waals surface area contributed by atoms with Crippen molar-refractivity contribution in [3.8, 4) is 5.75 Å². The van der Waals surface area contributed by atoms with Crippen LogP contribution in [0.1, 0.15) is 28.4 Å². The minimum atomic E-state index is 0.0930. The largest absolute Gasteiger partial charge is 0.494 e. The lowest BCUT2D eigenvalue weighted by atomic mass is 10.1. The van der Waals surface area contributed by atoms with E-state index in [1.807, 2.05) is 43.0 Å². The summed E-state index contributed by atoms with van der Waals surface area (Å²) in [5.74, 6) is 0.953. The van der Waals surface area contributed by atoms with E-state index in [1.165, 1.54) is 5.56 Å². The fraction of sp³-hybridized carbons (Fsp3) is 0.350. The molecule has 2 aromatic carbocycles. The van der Waals surface area contributed by atoms with Crippen molar-refractivity contribution in [2.45, 2.75) is 26.3 Å². The van der Waals surface area contributed by atoms with Crippen LogP contribution in [0.2, 0.25) is 0 Å². The standard InChI is InChI=1S/C20H22N2O2/c1-4-24-19-11-18-16(9-13(19)2)20(23)22-15(12-21(18)3)10-14-7-5-6-8-17(14)22/h5-9,11,15H,4,10,12H2,1-3H3/t15-/m0/s1. The van der Waals surface area contributed by atoms with Crippen LogP contribution in [0.5, 0.6) is 5.75 Å². The predicted octanol–water partition coefficient (Wildman–Crippen LogP) is 3.42. The van der Waals surface area contributed by atoms with Crippen molar-refractivity contribution in [2.24, 2.45) is 0 Å². The Bertz CT molecular complexity index is 815. The van der Waals surface area contributed by atoms with Gasteiger partial charge in [0, 0.05) is 25.3 Å². The van der Waals surface area contributed by atoms with Gasteiger partial charge in [-0.2, -0.15) is 0 Å². The normalized spacial score (nSPS) is 18.8. The van der Waals surface area contributed by atoms with E-state index in [0.29, 0.717) is 6.61 Å². The fourth-order valence-corrected chi connectivity index (χ4v) is 3.90. The van der Waals surface area contributed by atoms with Crippen molar-refractivity contribution < 1.29 is 9.53 Å². The van der Waals surface area contributed by atoms with Crippen molar-refractivity contribution in [1.29, 1.82) is 0 Å². The zero-order valence-electron chi connectivity index (χ0n) is 14.4. The Labute approximate surface area is 142 Å². The average molecular weight is 322 g/mol. The molecule has 4 rings (SSSR count). The van der Waals surface area contributed by atoms with Crippen LogP contribution in [0.25, 0.3) is 0 Å². The minimum absolute atomic E-state index is 0.0930. The van der Waals surface area contributed by atoms with Gasteiger partial charge in [0.25, 0.3) is 5.91 Å². The van der Waals surface area contributed by atoms with Gasteiger partial charge in [-0.1, -0.05) is 18.2 Å². The highest BCUT2D eigenvalue weighted by molar-refractivity contribution is 6.12. The molecule has 0 radical (unpaired) electrons. The van der Waals surface area contributed by atoms with Crippen LogP contribution < -0.4 is 14.5 Å². The van der Waals surface area contributed by atoms with E-state index in [2.05, 4.69) is 24.1 Å². The molecule has 1 amide bonds. The molecule has 4 heteroatoms. The molecule has 2 heterocycles. The first-order valence-electron chi connectivity index (χ1n) is 8.50. The summed E-state index contributed by atoms with van der Waals surface area (Å²) < 4.78 is 5.73. The van der Waals surface area contributed by atoms with Gasteiger partial charge in [0.2, 0.25) is 0 Å². The molecule has 0 spiro atoms. The third kappa shape index (κ3) is 2.17. The molecule has 124 valence electrons. The number of likely N-dealkylation sites (N-methyl/N-ethyl adjacent to an activating group) is 1. The van der Waals surface area contributed by atoms with Crippen LogP contribution >= 0.6 is 0 Å². The van der Waals surface area contributed by atoms with Gasteiger partial charge >= 0.3 is 0 Å². The molecule has 0 aromatic heterocycles. The van der Waals surface area contributed by atoms with E-state index in [-0.39, 0.29) is 11.9 Å². The first-order valence-corrected chi connectivity index (χ1v) is 8.50. The third-order valence-corrected chi connectivity index (χ3v) is 5.01. The number of aryl methyl sites for hydroxylation is 1. The number of carbonyl (C=O) groups excluding carboxylic acids is 1. The summed E-state index contributed by atoms with van der Waals surface area (Å²) in [6, 6.07) is 12.4. The predicted molar refractivity (Wildman–Crippen MR) is 96.4 cm³/mol. The van der Waals surface area contributed by atoms with Crippen molar-refractivity contribution in [1.82, 2.24) is 0 Å². The lowest BCUT2D eigenvalue weighted by molar-refractivity contribution is 0.0983. The molecule has 24 heavy (non-hydrogen) atoms. The fourth-order valence-electron chi connectivity index (χ4n) is 3.90. The van der Waals surface area contributed by atoms with Gasteiger partial charge < -0.3 is 14.5 Å². The molecule has 2 aliphatic rings. The van der Waals surface area contributed by atoms with Crippen molar-refractivity contribution in [2.75, 3.05) is 30.0 Å². The first-order chi connectivity index (χ1) is 11.6. The number of amides is 1. The molecule has 4 nitrogen and oxygen atoms in total. The van der Waals surface area contributed by atoms with Crippen LogP contribution in [0.4, 0.5) is 11.4 Å². The van der Waals surface area contributed by atoms with Crippen molar-refractivity contribution >= 4 is 17.3 Å². The first kappa shape index (κ1) is 15.1. The second-order valence-corrected chi connectivity index (χ2v) is 6.61. The van der Waals surface area contributed by atoms with Gasteiger partial charge in [-0.05, 0) is 43.5 Å². The quantitative estimate of drug-likeness (QED) is 0.849. The van der Waals surface area contributed by atoms with Gasteiger partial charge in [-0.15, -0.1) is 0 Å². The van der Waals surface area contributed by atoms with Gasteiger partial charge in [0.1, 0.15) is 5.75 Å². The van der Waals surface area contributed by atoms with E-state index >= 15 is 0 Å². The summed E-state index contributed by atoms with van der Waals surface area (Å²) in [4.78, 5) is 17.5. The number of fused-ring (bicyclic) bond motifs is 4. The highest BCUT2D eigenvalue weighted by Gasteiger charge is 2.38. The molecule has 0 N–H and O–H groups in total. The van der Waals surface area contributed by atoms with Crippen LogP contribution in [0, 0.1) is 6.92 Å². The average Bonchev–Trinajstić information content (AvgIpc) is 2.89. The van der Waals surface area contributed by atoms with E-state index in [0.717, 1.165) is 41.2 Å². The van der Waals surface area contributed by atoms with E-state index in [4.69, 9.17) is 4.74 Å². The Morgan fingerprint density at radius 3 is 2.79 bits per heavy atom. The lowest BCUT2D eigenvalue weighted by Gasteiger charge is -2.25. The smallest absolute Gasteiger partial charge is 0.260 e. The van der Waals surface area contributed by atoms with Crippen LogP contribution in [-0.2, 0) is 6.42 Å². The number of para-hydroxylation sites is 1. The molecule has 0 aliphatic carbocycles.